The van der Waals surface area contributed by atoms with Crippen LogP contribution in [0.2, 0.25) is 0 Å². The van der Waals surface area contributed by atoms with Crippen LogP contribution < -0.4 is 23.7 Å². The second-order valence-electron chi connectivity index (χ2n) is 33.8. The molecular formula is C109H116ClF3O18. The number of halogens is 4. The molecular weight excluding hydrogens is 1690 g/mol. The van der Waals surface area contributed by atoms with Crippen molar-refractivity contribution in [3.63, 3.8) is 0 Å². The van der Waals surface area contributed by atoms with Crippen molar-refractivity contribution < 1.29 is 99.4 Å². The second kappa shape index (κ2) is 47.6. The Hall–Kier alpha value is -12.1. The molecule has 10 aromatic carbocycles. The molecule has 688 valence electrons. The minimum absolute atomic E-state index is 0.148. The molecule has 0 amide bonds. The van der Waals surface area contributed by atoms with Crippen molar-refractivity contribution in [2.24, 2.45) is 23.7 Å². The number of phenolic OH excluding ortho intramolecular Hbond substituents is 2. The molecule has 18 nitrogen and oxygen atoms in total. The fourth-order valence-corrected chi connectivity index (χ4v) is 17.3. The van der Waals surface area contributed by atoms with E-state index in [-0.39, 0.29) is 76.5 Å². The summed E-state index contributed by atoms with van der Waals surface area (Å²) < 4.78 is 108. The number of carbonyl (C=O) groups excluding carboxylic acids is 4. The largest absolute Gasteiger partial charge is 0.508 e. The smallest absolute Gasteiger partial charge is 0.306 e. The average Bonchev–Trinajstić information content (AvgIpc) is 1.76. The fraction of sp³-hybridized carbons (Fsp3) is 0.358. The summed E-state index contributed by atoms with van der Waals surface area (Å²) in [6.45, 7) is 4.34. The summed E-state index contributed by atoms with van der Waals surface area (Å²) in [6.07, 6.45) is 19.3. The van der Waals surface area contributed by atoms with Gasteiger partial charge >= 0.3 is 23.9 Å². The topological polar surface area (TPSA) is 219 Å². The van der Waals surface area contributed by atoms with E-state index in [0.717, 1.165) is 166 Å². The monoisotopic (exact) mass is 1800 g/mol. The van der Waals surface area contributed by atoms with Gasteiger partial charge in [-0.2, -0.15) is 0 Å². The van der Waals surface area contributed by atoms with Crippen molar-refractivity contribution in [3.8, 4) is 73.6 Å². The van der Waals surface area contributed by atoms with Gasteiger partial charge in [-0.1, -0.05) is 103 Å². The summed E-state index contributed by atoms with van der Waals surface area (Å²) in [5.74, 6) is 5.59. The predicted molar refractivity (Wildman–Crippen MR) is 501 cm³/mol. The van der Waals surface area contributed by atoms with Crippen LogP contribution in [0.25, 0.3) is 50.1 Å². The number of hydrogen-bond donors (Lipinski definition) is 2. The number of methoxy groups -OCH3 is 7. The number of esters is 4. The van der Waals surface area contributed by atoms with Gasteiger partial charge in [0.15, 0.2) is 0 Å². The predicted octanol–water partition coefficient (Wildman–Crippen LogP) is 23.8. The van der Waals surface area contributed by atoms with Gasteiger partial charge in [0.25, 0.3) is 0 Å². The van der Waals surface area contributed by atoms with Crippen molar-refractivity contribution in [1.29, 1.82) is 0 Å². The number of carbonyl (C=O) groups is 4. The van der Waals surface area contributed by atoms with Gasteiger partial charge in [-0.05, 0) is 328 Å². The van der Waals surface area contributed by atoms with Gasteiger partial charge in [0.1, 0.15) is 70.9 Å². The van der Waals surface area contributed by atoms with Crippen LogP contribution in [0.15, 0.2) is 224 Å². The van der Waals surface area contributed by atoms with E-state index in [9.17, 15) is 42.6 Å². The van der Waals surface area contributed by atoms with Crippen LogP contribution in [-0.2, 0) is 71.4 Å². The maximum atomic E-state index is 14.9. The first-order chi connectivity index (χ1) is 63.7. The van der Waals surface area contributed by atoms with Crippen molar-refractivity contribution in [2.75, 3.05) is 89.4 Å². The molecule has 3 aliphatic heterocycles. The van der Waals surface area contributed by atoms with E-state index in [0.29, 0.717) is 142 Å². The Kier molecular flexibility index (Phi) is 35.0. The first kappa shape index (κ1) is 96.4. The molecule has 10 aromatic rings. The van der Waals surface area contributed by atoms with E-state index in [1.165, 1.54) is 52.2 Å². The highest BCUT2D eigenvalue weighted by Crippen LogP contribution is 2.50. The Balaban J connectivity index is 0.000000146. The molecule has 0 spiro atoms. The van der Waals surface area contributed by atoms with Gasteiger partial charge in [0.2, 0.25) is 0 Å². The molecule has 7 aliphatic rings. The zero-order valence-corrected chi connectivity index (χ0v) is 76.1. The molecule has 2 N–H and O–H groups in total. The standard InChI is InChI=1S/2C32H33FO5.C19H18ClFO2.2C13H16O3/c2*1-35-25-9-11-31(33)30(18-25)27-10-6-21(16-29(27)23-12-14-37-15-13-23)20-38-26-5-3-4-24(17-26)28(22-7-8-22)19-32(34)36-2;1-22-15-3-5-19(21)18(11-15)16-4-2-13(12-20)10-17(16)14-6-8-23-9-7-14;2*1-16-13(15)8-12(9-5-6-9)10-3-2-4-11(14)7-10/h2*3-6,9-12,16-18,22,28H,7-8,13-15,19-20H2,1-2H3;2-6,10-11H,7-9,12H2,1H3;2*2-4,7,9,12,14H,5-6,8H2,1H3/t2*28-;;2*12-/m10.10/s1. The lowest BCUT2D eigenvalue weighted by atomic mass is 9.90. The van der Waals surface area contributed by atoms with Crippen molar-refractivity contribution >= 4 is 52.2 Å². The van der Waals surface area contributed by atoms with Gasteiger partial charge in [-0.25, -0.2) is 13.2 Å². The molecule has 3 heterocycles. The highest BCUT2D eigenvalue weighted by Gasteiger charge is 2.38. The van der Waals surface area contributed by atoms with Crippen LogP contribution in [0.1, 0.15) is 176 Å². The number of rotatable bonds is 32. The maximum absolute atomic E-state index is 14.9. The summed E-state index contributed by atoms with van der Waals surface area (Å²) >= 11 is 5.98. The van der Waals surface area contributed by atoms with Crippen molar-refractivity contribution in [2.45, 2.75) is 139 Å². The molecule has 4 fully saturated rings. The molecule has 0 bridgehead atoms. The normalized spacial score (nSPS) is 15.9. The summed E-state index contributed by atoms with van der Waals surface area (Å²) in [6, 6.07) is 62.7. The van der Waals surface area contributed by atoms with E-state index in [1.54, 1.807) is 82.0 Å². The first-order valence-corrected chi connectivity index (χ1v) is 45.4. The number of phenols is 2. The van der Waals surface area contributed by atoms with Crippen molar-refractivity contribution in [3.05, 3.63) is 298 Å². The van der Waals surface area contributed by atoms with Crippen LogP contribution in [0.5, 0.6) is 40.2 Å². The van der Waals surface area contributed by atoms with Crippen LogP contribution >= 0.6 is 11.6 Å². The highest BCUT2D eigenvalue weighted by molar-refractivity contribution is 6.17. The Morgan fingerprint density at radius 3 is 0.893 bits per heavy atom. The molecule has 22 heteroatoms. The van der Waals surface area contributed by atoms with Crippen molar-refractivity contribution in [1.82, 2.24) is 0 Å². The molecule has 0 unspecified atom stereocenters. The molecule has 0 aromatic heterocycles. The molecule has 0 radical (unpaired) electrons. The lowest BCUT2D eigenvalue weighted by Crippen LogP contribution is -2.10. The first-order valence-electron chi connectivity index (χ1n) is 44.8. The fourth-order valence-electron chi connectivity index (χ4n) is 17.2. The lowest BCUT2D eigenvalue weighted by molar-refractivity contribution is -0.142. The van der Waals surface area contributed by atoms with E-state index in [4.69, 9.17) is 68.4 Å². The molecule has 17 rings (SSSR count). The van der Waals surface area contributed by atoms with Gasteiger partial charge in [0.05, 0.1) is 115 Å². The molecule has 4 aliphatic carbocycles. The van der Waals surface area contributed by atoms with Gasteiger partial charge < -0.3 is 67.1 Å². The minimum Gasteiger partial charge on any atom is -0.508 e. The number of hydrogen-bond acceptors (Lipinski definition) is 18. The third kappa shape index (κ3) is 27.5. The molecule has 131 heavy (non-hydrogen) atoms. The highest BCUT2D eigenvalue weighted by atomic mass is 35.5. The minimum atomic E-state index is -0.294. The van der Waals surface area contributed by atoms with Crippen LogP contribution in [0.4, 0.5) is 13.2 Å². The van der Waals surface area contributed by atoms with E-state index < -0.39 is 0 Å². The summed E-state index contributed by atoms with van der Waals surface area (Å²) in [7, 11) is 10.4. The number of alkyl halides is 1. The van der Waals surface area contributed by atoms with E-state index in [1.807, 2.05) is 103 Å². The van der Waals surface area contributed by atoms with Crippen LogP contribution in [0.3, 0.4) is 0 Å². The van der Waals surface area contributed by atoms with Crippen LogP contribution in [0, 0.1) is 41.1 Å². The van der Waals surface area contributed by atoms with Crippen LogP contribution in [-0.4, -0.2) is 124 Å². The number of aromatic hydroxyl groups is 2. The maximum Gasteiger partial charge on any atom is 0.306 e. The Morgan fingerprint density at radius 1 is 0.336 bits per heavy atom. The quantitative estimate of drug-likeness (QED) is 0.0227. The SMILES string of the molecule is COC(=O)C[C@@H](c1cccc(O)c1)C1CC1.COC(=O)C[C@@H](c1cccc(OCc2ccc(-c3cc(OC)ccc3F)c(C3=CCOCC3)c2)c1)C1CC1.COC(=O)C[C@H](c1cccc(O)c1)C1CC1.COC(=O)C[C@H](c1cccc(OCc2ccc(-c3cc(OC)ccc3F)c(C3=CCOCC3)c2)c1)C1CC1.COc1ccc(F)c(-c2ccc(CCl)cc2C2=CCOCC2)c1. The summed E-state index contributed by atoms with van der Waals surface area (Å²) in [5.41, 5.74) is 17.7. The molecule has 0 saturated heterocycles. The van der Waals surface area contributed by atoms with E-state index >= 15 is 0 Å². The number of ether oxygens (including phenoxy) is 12. The molecule has 4 saturated carbocycles. The van der Waals surface area contributed by atoms with E-state index in [2.05, 4.69) is 42.5 Å². The number of benzene rings is 10. The molecule has 4 atom stereocenters. The second-order valence-corrected chi connectivity index (χ2v) is 34.0. The lowest BCUT2D eigenvalue weighted by Gasteiger charge is -2.20. The van der Waals surface area contributed by atoms with Gasteiger partial charge in [0, 0.05) is 22.6 Å². The summed E-state index contributed by atoms with van der Waals surface area (Å²) in [5, 5.41) is 18.9. The average molecular weight is 1810 g/mol. The van der Waals surface area contributed by atoms with Gasteiger partial charge in [-0.3, -0.25) is 19.2 Å². The Labute approximate surface area is 770 Å². The zero-order chi connectivity index (χ0) is 92.3. The zero-order valence-electron chi connectivity index (χ0n) is 75.4. The summed E-state index contributed by atoms with van der Waals surface area (Å²) in [4.78, 5) is 46.6. The van der Waals surface area contributed by atoms with Gasteiger partial charge in [-0.15, -0.1) is 11.6 Å². The third-order valence-corrected chi connectivity index (χ3v) is 25.2. The Morgan fingerprint density at radius 2 is 0.626 bits per heavy atom. The third-order valence-electron chi connectivity index (χ3n) is 24.9. The Bertz CT molecular complexity index is 5390.